The number of rotatable bonds is 2. The SMILES string of the molecule is O=C(O)[C@@H]1[C@H]2C[C@@H]2CN1C(=O)c1ccc(F)cc1. The van der Waals surface area contributed by atoms with Crippen molar-refractivity contribution in [2.75, 3.05) is 6.54 Å². The van der Waals surface area contributed by atoms with E-state index in [0.717, 1.165) is 6.42 Å². The maximum Gasteiger partial charge on any atom is 0.326 e. The van der Waals surface area contributed by atoms with Gasteiger partial charge in [-0.15, -0.1) is 0 Å². The van der Waals surface area contributed by atoms with Gasteiger partial charge in [-0.1, -0.05) is 0 Å². The molecular formula is C13H12FNO3. The molecule has 3 atom stereocenters. The molecule has 1 aromatic rings. The van der Waals surface area contributed by atoms with Crippen molar-refractivity contribution in [2.24, 2.45) is 11.8 Å². The van der Waals surface area contributed by atoms with Crippen molar-refractivity contribution in [1.29, 1.82) is 0 Å². The van der Waals surface area contributed by atoms with E-state index in [1.165, 1.54) is 29.2 Å². The molecule has 0 spiro atoms. The van der Waals surface area contributed by atoms with Crippen LogP contribution in [-0.2, 0) is 4.79 Å². The standard InChI is InChI=1S/C13H12FNO3/c14-9-3-1-7(2-4-9)12(16)15-6-8-5-10(8)11(15)13(17)18/h1-4,8,10-11H,5-6H2,(H,17,18)/t8-,10+,11+/m1/s1. The molecule has 5 heteroatoms. The van der Waals surface area contributed by atoms with Crippen LogP contribution in [0.1, 0.15) is 16.8 Å². The Hall–Kier alpha value is -1.91. The van der Waals surface area contributed by atoms with Gasteiger partial charge in [0.05, 0.1) is 0 Å². The zero-order chi connectivity index (χ0) is 12.9. The van der Waals surface area contributed by atoms with Gasteiger partial charge in [-0.25, -0.2) is 9.18 Å². The Kier molecular flexibility index (Phi) is 2.36. The molecule has 94 valence electrons. The molecule has 1 aliphatic heterocycles. The first-order valence-corrected chi connectivity index (χ1v) is 5.87. The topological polar surface area (TPSA) is 57.6 Å². The summed E-state index contributed by atoms with van der Waals surface area (Å²) >= 11 is 0. The highest BCUT2D eigenvalue weighted by Gasteiger charge is 2.57. The molecule has 0 radical (unpaired) electrons. The Labute approximate surface area is 103 Å². The summed E-state index contributed by atoms with van der Waals surface area (Å²) in [6.07, 6.45) is 0.893. The fourth-order valence-electron chi connectivity index (χ4n) is 2.75. The minimum atomic E-state index is -0.949. The van der Waals surface area contributed by atoms with E-state index in [0.29, 0.717) is 18.0 Å². The van der Waals surface area contributed by atoms with Gasteiger partial charge in [0.15, 0.2) is 0 Å². The fourth-order valence-corrected chi connectivity index (χ4v) is 2.75. The van der Waals surface area contributed by atoms with E-state index in [-0.39, 0.29) is 11.8 Å². The minimum absolute atomic E-state index is 0.104. The summed E-state index contributed by atoms with van der Waals surface area (Å²) in [5, 5.41) is 9.17. The molecule has 1 saturated carbocycles. The number of hydrogen-bond donors (Lipinski definition) is 1. The van der Waals surface area contributed by atoms with Crippen LogP contribution < -0.4 is 0 Å². The highest BCUT2D eigenvalue weighted by molar-refractivity contribution is 5.97. The van der Waals surface area contributed by atoms with Crippen LogP contribution in [0.5, 0.6) is 0 Å². The molecule has 1 aromatic carbocycles. The lowest BCUT2D eigenvalue weighted by Crippen LogP contribution is -2.43. The molecule has 1 heterocycles. The second kappa shape index (κ2) is 3.80. The summed E-state index contributed by atoms with van der Waals surface area (Å²) in [5.41, 5.74) is 0.337. The van der Waals surface area contributed by atoms with Gasteiger partial charge in [0.1, 0.15) is 11.9 Å². The molecule has 1 N–H and O–H groups in total. The van der Waals surface area contributed by atoms with E-state index >= 15 is 0 Å². The zero-order valence-corrected chi connectivity index (χ0v) is 9.54. The van der Waals surface area contributed by atoms with Crippen molar-refractivity contribution >= 4 is 11.9 Å². The second-order valence-electron chi connectivity index (χ2n) is 4.91. The third-order valence-corrected chi connectivity index (χ3v) is 3.75. The quantitative estimate of drug-likeness (QED) is 0.861. The number of likely N-dealkylation sites (tertiary alicyclic amines) is 1. The van der Waals surface area contributed by atoms with Gasteiger partial charge in [0.2, 0.25) is 0 Å². The highest BCUT2D eigenvalue weighted by atomic mass is 19.1. The van der Waals surface area contributed by atoms with Gasteiger partial charge in [-0.05, 0) is 42.5 Å². The van der Waals surface area contributed by atoms with E-state index in [9.17, 15) is 14.0 Å². The summed E-state index contributed by atoms with van der Waals surface area (Å²) in [4.78, 5) is 24.8. The third kappa shape index (κ3) is 1.66. The average Bonchev–Trinajstić information content (AvgIpc) is 2.99. The first-order valence-electron chi connectivity index (χ1n) is 5.87. The summed E-state index contributed by atoms with van der Waals surface area (Å²) in [6, 6.07) is 4.48. The van der Waals surface area contributed by atoms with Crippen LogP contribution in [0.15, 0.2) is 24.3 Å². The number of nitrogens with zero attached hydrogens (tertiary/aromatic N) is 1. The number of aliphatic carboxylic acids is 1. The van der Waals surface area contributed by atoms with Gasteiger partial charge in [0.25, 0.3) is 5.91 Å². The number of halogens is 1. The van der Waals surface area contributed by atoms with Gasteiger partial charge in [-0.3, -0.25) is 4.79 Å². The molecule has 1 saturated heterocycles. The van der Waals surface area contributed by atoms with Crippen LogP contribution in [0, 0.1) is 17.7 Å². The second-order valence-corrected chi connectivity index (χ2v) is 4.91. The van der Waals surface area contributed by atoms with Crippen LogP contribution in [-0.4, -0.2) is 34.5 Å². The smallest absolute Gasteiger partial charge is 0.326 e. The predicted octanol–water partition coefficient (Wildman–Crippen LogP) is 1.37. The zero-order valence-electron chi connectivity index (χ0n) is 9.54. The Morgan fingerprint density at radius 3 is 2.56 bits per heavy atom. The summed E-state index contributed by atoms with van der Waals surface area (Å²) in [6.45, 7) is 0.498. The van der Waals surface area contributed by atoms with Crippen LogP contribution in [0.2, 0.25) is 0 Å². The molecule has 0 bridgehead atoms. The molecule has 1 aliphatic carbocycles. The summed E-state index contributed by atoms with van der Waals surface area (Å²) in [7, 11) is 0. The van der Waals surface area contributed by atoms with E-state index in [2.05, 4.69) is 0 Å². The predicted molar refractivity (Wildman–Crippen MR) is 60.5 cm³/mol. The lowest BCUT2D eigenvalue weighted by molar-refractivity contribution is -0.142. The number of carbonyl (C=O) groups is 2. The van der Waals surface area contributed by atoms with Crippen molar-refractivity contribution in [3.05, 3.63) is 35.6 Å². The van der Waals surface area contributed by atoms with Crippen molar-refractivity contribution in [1.82, 2.24) is 4.90 Å². The van der Waals surface area contributed by atoms with Crippen LogP contribution in [0.3, 0.4) is 0 Å². The van der Waals surface area contributed by atoms with Crippen LogP contribution in [0.25, 0.3) is 0 Å². The number of benzene rings is 1. The fraction of sp³-hybridized carbons (Fsp3) is 0.385. The number of amides is 1. The van der Waals surface area contributed by atoms with Gasteiger partial charge in [0, 0.05) is 12.1 Å². The Balaban J connectivity index is 1.84. The Morgan fingerprint density at radius 1 is 1.28 bits per heavy atom. The van der Waals surface area contributed by atoms with Crippen molar-refractivity contribution in [3.63, 3.8) is 0 Å². The number of piperidine rings is 1. The average molecular weight is 249 g/mol. The maximum atomic E-state index is 12.8. The Bertz CT molecular complexity index is 513. The molecule has 0 unspecified atom stereocenters. The van der Waals surface area contributed by atoms with Crippen molar-refractivity contribution in [2.45, 2.75) is 12.5 Å². The molecule has 4 nitrogen and oxygen atoms in total. The van der Waals surface area contributed by atoms with E-state index < -0.39 is 17.8 Å². The van der Waals surface area contributed by atoms with Crippen LogP contribution in [0.4, 0.5) is 4.39 Å². The minimum Gasteiger partial charge on any atom is -0.480 e. The number of carbonyl (C=O) groups excluding carboxylic acids is 1. The number of carboxylic acids is 1. The van der Waals surface area contributed by atoms with Crippen molar-refractivity contribution in [3.8, 4) is 0 Å². The van der Waals surface area contributed by atoms with E-state index in [1.807, 2.05) is 0 Å². The maximum absolute atomic E-state index is 12.8. The van der Waals surface area contributed by atoms with Crippen LogP contribution >= 0.6 is 0 Å². The molecule has 18 heavy (non-hydrogen) atoms. The number of hydrogen-bond acceptors (Lipinski definition) is 2. The largest absolute Gasteiger partial charge is 0.480 e. The van der Waals surface area contributed by atoms with Gasteiger partial charge < -0.3 is 10.0 Å². The lowest BCUT2D eigenvalue weighted by Gasteiger charge is -2.24. The molecule has 3 rings (SSSR count). The molecule has 2 fully saturated rings. The van der Waals surface area contributed by atoms with E-state index in [1.54, 1.807) is 0 Å². The van der Waals surface area contributed by atoms with Gasteiger partial charge >= 0.3 is 5.97 Å². The monoisotopic (exact) mass is 249 g/mol. The molecule has 1 amide bonds. The lowest BCUT2D eigenvalue weighted by atomic mass is 10.1. The first kappa shape index (κ1) is 11.2. The molecular weight excluding hydrogens is 237 g/mol. The normalized spacial score (nSPS) is 28.9. The molecule has 2 aliphatic rings. The first-order chi connectivity index (χ1) is 8.58. The molecule has 0 aromatic heterocycles. The van der Waals surface area contributed by atoms with E-state index in [4.69, 9.17) is 5.11 Å². The summed E-state index contributed by atoms with van der Waals surface area (Å²) in [5.74, 6) is -1.25. The highest BCUT2D eigenvalue weighted by Crippen LogP contribution is 2.49. The summed E-state index contributed by atoms with van der Waals surface area (Å²) < 4.78 is 12.8. The third-order valence-electron chi connectivity index (χ3n) is 3.75. The van der Waals surface area contributed by atoms with Crippen molar-refractivity contribution < 1.29 is 19.1 Å². The van der Waals surface area contributed by atoms with Gasteiger partial charge in [-0.2, -0.15) is 0 Å². The number of carboxylic acid groups (broad SMARTS) is 1. The number of fused-ring (bicyclic) bond motifs is 1. The Morgan fingerprint density at radius 2 is 1.94 bits per heavy atom.